The lowest BCUT2D eigenvalue weighted by Crippen LogP contribution is -2.58. The molecule has 132 valence electrons. The number of benzene rings is 1. The van der Waals surface area contributed by atoms with Crippen molar-refractivity contribution >= 4 is 11.8 Å². The van der Waals surface area contributed by atoms with E-state index in [1.54, 1.807) is 0 Å². The fraction of sp³-hybridized carbons (Fsp3) is 0.684. The third kappa shape index (κ3) is 3.45. The second kappa shape index (κ2) is 7.65. The van der Waals surface area contributed by atoms with E-state index in [9.17, 15) is 0 Å². The fourth-order valence-corrected chi connectivity index (χ4v) is 5.66. The number of hydrogen-bond donors (Lipinski definition) is 1. The predicted octanol–water partition coefficient (Wildman–Crippen LogP) is 2.70. The molecule has 4 rings (SSSR count). The van der Waals surface area contributed by atoms with Crippen LogP contribution in [-0.4, -0.2) is 61.4 Å². The molecule has 1 aromatic rings. The van der Waals surface area contributed by atoms with Crippen molar-refractivity contribution in [2.24, 2.45) is 0 Å². The summed E-state index contributed by atoms with van der Waals surface area (Å²) in [6.45, 7) is 5.82. The second-order valence-corrected chi connectivity index (χ2v) is 8.19. The van der Waals surface area contributed by atoms with E-state index in [1.165, 1.54) is 23.5 Å². The molecule has 3 aliphatic rings. The van der Waals surface area contributed by atoms with Gasteiger partial charge in [-0.2, -0.15) is 11.8 Å². The summed E-state index contributed by atoms with van der Waals surface area (Å²) in [5, 5.41) is 3.92. The zero-order chi connectivity index (χ0) is 16.2. The minimum atomic E-state index is 0.302. The largest absolute Gasteiger partial charge is 0.493 e. The minimum Gasteiger partial charge on any atom is -0.493 e. The van der Waals surface area contributed by atoms with Crippen LogP contribution in [0, 0.1) is 0 Å². The summed E-state index contributed by atoms with van der Waals surface area (Å²) in [6, 6.07) is 8.95. The number of para-hydroxylation sites is 1. The molecule has 4 nitrogen and oxygen atoms in total. The van der Waals surface area contributed by atoms with E-state index in [4.69, 9.17) is 9.47 Å². The molecule has 1 N–H and O–H groups in total. The zero-order valence-electron chi connectivity index (χ0n) is 14.3. The topological polar surface area (TPSA) is 33.7 Å². The lowest BCUT2D eigenvalue weighted by atomic mass is 9.93. The van der Waals surface area contributed by atoms with E-state index >= 15 is 0 Å². The van der Waals surface area contributed by atoms with Crippen LogP contribution in [0.4, 0.5) is 0 Å². The Morgan fingerprint density at radius 2 is 2.08 bits per heavy atom. The van der Waals surface area contributed by atoms with Crippen molar-refractivity contribution in [1.29, 1.82) is 0 Å². The number of morpholine rings is 1. The molecule has 0 spiro atoms. The Morgan fingerprint density at radius 3 is 2.92 bits per heavy atom. The van der Waals surface area contributed by atoms with Gasteiger partial charge in [0, 0.05) is 42.5 Å². The lowest BCUT2D eigenvalue weighted by Gasteiger charge is -2.43. The van der Waals surface area contributed by atoms with Gasteiger partial charge in [-0.1, -0.05) is 18.2 Å². The van der Waals surface area contributed by atoms with Crippen LogP contribution in [0.2, 0.25) is 0 Å². The molecule has 0 unspecified atom stereocenters. The van der Waals surface area contributed by atoms with Crippen molar-refractivity contribution in [1.82, 2.24) is 10.2 Å². The first-order chi connectivity index (χ1) is 11.9. The van der Waals surface area contributed by atoms with E-state index in [1.807, 2.05) is 0 Å². The first kappa shape index (κ1) is 16.7. The molecule has 0 aromatic heterocycles. The van der Waals surface area contributed by atoms with Crippen molar-refractivity contribution < 1.29 is 9.47 Å². The van der Waals surface area contributed by atoms with Crippen molar-refractivity contribution in [2.75, 3.05) is 51.0 Å². The highest BCUT2D eigenvalue weighted by atomic mass is 32.2. The van der Waals surface area contributed by atoms with Crippen LogP contribution in [-0.2, 0) is 4.74 Å². The van der Waals surface area contributed by atoms with Gasteiger partial charge in [0.1, 0.15) is 5.75 Å². The average molecular weight is 349 g/mol. The molecule has 1 aromatic carbocycles. The maximum absolute atomic E-state index is 5.92. The Kier molecular flexibility index (Phi) is 5.32. The molecule has 2 fully saturated rings. The molecule has 2 atom stereocenters. The quantitative estimate of drug-likeness (QED) is 0.905. The van der Waals surface area contributed by atoms with Crippen LogP contribution in [0.1, 0.15) is 30.9 Å². The van der Waals surface area contributed by atoms with Gasteiger partial charge < -0.3 is 14.8 Å². The summed E-state index contributed by atoms with van der Waals surface area (Å²) in [5.41, 5.74) is 1.63. The number of hydrogen-bond acceptors (Lipinski definition) is 5. The van der Waals surface area contributed by atoms with Crippen LogP contribution in [0.5, 0.6) is 5.75 Å². The van der Waals surface area contributed by atoms with E-state index in [2.05, 4.69) is 46.2 Å². The van der Waals surface area contributed by atoms with E-state index in [0.29, 0.717) is 11.6 Å². The standard InChI is InChI=1S/C19H28N2O2S/c1-2-6-18-16(4-1)17(5-3-10-23-18)20-14-19(7-13-24-15-19)21-8-11-22-12-9-21/h1-2,4,6,17,20H,3,5,7-15H2/t17-,19+/m1/s1. The monoisotopic (exact) mass is 348 g/mol. The Balaban J connectivity index is 1.48. The molecule has 0 saturated carbocycles. The van der Waals surface area contributed by atoms with Crippen molar-refractivity contribution in [2.45, 2.75) is 30.8 Å². The van der Waals surface area contributed by atoms with Gasteiger partial charge in [-0.25, -0.2) is 0 Å². The third-order valence-corrected chi connectivity index (χ3v) is 6.87. The van der Waals surface area contributed by atoms with Gasteiger partial charge in [-0.05, 0) is 31.1 Å². The number of thioether (sulfide) groups is 1. The lowest BCUT2D eigenvalue weighted by molar-refractivity contribution is -0.0141. The van der Waals surface area contributed by atoms with Crippen molar-refractivity contribution in [3.8, 4) is 5.75 Å². The van der Waals surface area contributed by atoms with Gasteiger partial charge in [0.25, 0.3) is 0 Å². The number of nitrogens with one attached hydrogen (secondary N) is 1. The molecule has 0 amide bonds. The van der Waals surface area contributed by atoms with E-state index in [0.717, 1.165) is 58.0 Å². The van der Waals surface area contributed by atoms with Crippen LogP contribution in [0.15, 0.2) is 24.3 Å². The molecule has 0 bridgehead atoms. The molecule has 3 heterocycles. The van der Waals surface area contributed by atoms with Crippen molar-refractivity contribution in [3.63, 3.8) is 0 Å². The summed E-state index contributed by atoms with van der Waals surface area (Å²) >= 11 is 2.10. The highest BCUT2D eigenvalue weighted by Gasteiger charge is 2.41. The number of nitrogens with zero attached hydrogens (tertiary/aromatic N) is 1. The molecule has 0 radical (unpaired) electrons. The van der Waals surface area contributed by atoms with Crippen LogP contribution in [0.25, 0.3) is 0 Å². The first-order valence-electron chi connectivity index (χ1n) is 9.23. The molecule has 24 heavy (non-hydrogen) atoms. The smallest absolute Gasteiger partial charge is 0.124 e. The maximum Gasteiger partial charge on any atom is 0.124 e. The zero-order valence-corrected chi connectivity index (χ0v) is 15.2. The van der Waals surface area contributed by atoms with Gasteiger partial charge >= 0.3 is 0 Å². The molecule has 3 aliphatic heterocycles. The fourth-order valence-electron chi connectivity index (χ4n) is 4.18. The van der Waals surface area contributed by atoms with Crippen LogP contribution in [0.3, 0.4) is 0 Å². The highest BCUT2D eigenvalue weighted by Crippen LogP contribution is 2.36. The summed E-state index contributed by atoms with van der Waals surface area (Å²) in [4.78, 5) is 2.68. The van der Waals surface area contributed by atoms with E-state index < -0.39 is 0 Å². The summed E-state index contributed by atoms with van der Waals surface area (Å²) in [5.74, 6) is 3.59. The van der Waals surface area contributed by atoms with Gasteiger partial charge in [0.15, 0.2) is 0 Å². The Hall–Kier alpha value is -0.750. The molecular weight excluding hydrogens is 320 g/mol. The molecule has 0 aliphatic carbocycles. The second-order valence-electron chi connectivity index (χ2n) is 7.09. The summed E-state index contributed by atoms with van der Waals surface area (Å²) < 4.78 is 11.5. The predicted molar refractivity (Wildman–Crippen MR) is 99.0 cm³/mol. The van der Waals surface area contributed by atoms with Gasteiger partial charge in [-0.3, -0.25) is 4.90 Å². The minimum absolute atomic E-state index is 0.302. The molecule has 5 heteroatoms. The first-order valence-corrected chi connectivity index (χ1v) is 10.4. The average Bonchev–Trinajstić information content (AvgIpc) is 3.03. The Morgan fingerprint density at radius 1 is 1.21 bits per heavy atom. The maximum atomic E-state index is 5.92. The van der Waals surface area contributed by atoms with E-state index in [-0.39, 0.29) is 0 Å². The van der Waals surface area contributed by atoms with Gasteiger partial charge in [0.05, 0.1) is 19.8 Å². The van der Waals surface area contributed by atoms with Gasteiger partial charge in [0.2, 0.25) is 0 Å². The van der Waals surface area contributed by atoms with Crippen LogP contribution < -0.4 is 10.1 Å². The van der Waals surface area contributed by atoms with Crippen LogP contribution >= 0.6 is 11.8 Å². The number of fused-ring (bicyclic) bond motifs is 1. The highest BCUT2D eigenvalue weighted by molar-refractivity contribution is 7.99. The SMILES string of the molecule is c1ccc2c(c1)OCCC[C@H]2NC[C@@]1(N2CCOCC2)CCSC1. The molecular formula is C19H28N2O2S. The Bertz CT molecular complexity index is 542. The van der Waals surface area contributed by atoms with Gasteiger partial charge in [-0.15, -0.1) is 0 Å². The third-order valence-electron chi connectivity index (χ3n) is 5.63. The number of ether oxygens (including phenoxy) is 2. The Labute approximate surface area is 149 Å². The summed E-state index contributed by atoms with van der Waals surface area (Å²) in [7, 11) is 0. The summed E-state index contributed by atoms with van der Waals surface area (Å²) in [6.07, 6.45) is 3.56. The number of rotatable bonds is 4. The normalized spacial score (nSPS) is 31.2. The van der Waals surface area contributed by atoms with Crippen molar-refractivity contribution in [3.05, 3.63) is 29.8 Å². The molecule has 2 saturated heterocycles.